The van der Waals surface area contributed by atoms with Gasteiger partial charge in [-0.1, -0.05) is 45.4 Å². The summed E-state index contributed by atoms with van der Waals surface area (Å²) in [5.41, 5.74) is 11.6. The summed E-state index contributed by atoms with van der Waals surface area (Å²) >= 11 is 0. The lowest BCUT2D eigenvalue weighted by Crippen LogP contribution is -2.42. The van der Waals surface area contributed by atoms with E-state index in [2.05, 4.69) is 22.2 Å². The standard InChI is InChI=1S/C15H31N5/c1-2-3-4-8-11-18-14(16)20-15(17)19-12-13-9-6-5-7-10-13/h13H,2-12H2,1H3,(H5,16,17,18,19,20). The highest BCUT2D eigenvalue weighted by Crippen LogP contribution is 2.23. The van der Waals surface area contributed by atoms with E-state index in [0.717, 1.165) is 19.5 Å². The summed E-state index contributed by atoms with van der Waals surface area (Å²) in [5, 5.41) is 2.87. The molecule has 0 spiro atoms. The summed E-state index contributed by atoms with van der Waals surface area (Å²) in [6, 6.07) is 0. The van der Waals surface area contributed by atoms with Crippen LogP contribution in [0.5, 0.6) is 0 Å². The number of rotatable bonds is 7. The number of hydrogen-bond donors (Lipinski definition) is 3. The maximum atomic E-state index is 5.82. The molecule has 20 heavy (non-hydrogen) atoms. The van der Waals surface area contributed by atoms with Crippen LogP contribution in [0.4, 0.5) is 0 Å². The lowest BCUT2D eigenvalue weighted by molar-refractivity contribution is 0.367. The van der Waals surface area contributed by atoms with Crippen LogP contribution in [0.2, 0.25) is 0 Å². The predicted octanol–water partition coefficient (Wildman–Crippen LogP) is 2.37. The maximum Gasteiger partial charge on any atom is 0.195 e. The third-order valence-electron chi connectivity index (χ3n) is 3.79. The van der Waals surface area contributed by atoms with Crippen LogP contribution >= 0.6 is 0 Å². The number of nitrogens with zero attached hydrogens (tertiary/aromatic N) is 2. The molecule has 0 aromatic carbocycles. The van der Waals surface area contributed by atoms with Crippen LogP contribution in [-0.2, 0) is 0 Å². The molecule has 0 heterocycles. The molecule has 0 saturated heterocycles. The molecule has 1 aliphatic carbocycles. The maximum absolute atomic E-state index is 5.82. The van der Waals surface area contributed by atoms with Crippen LogP contribution in [0.1, 0.15) is 64.7 Å². The normalized spacial score (nSPS) is 18.2. The zero-order valence-corrected chi connectivity index (χ0v) is 12.9. The first-order valence-corrected chi connectivity index (χ1v) is 8.09. The second-order valence-electron chi connectivity index (χ2n) is 5.68. The Labute approximate surface area is 123 Å². The van der Waals surface area contributed by atoms with Crippen molar-refractivity contribution in [2.45, 2.75) is 64.7 Å². The SMILES string of the molecule is CCCCCCN=C(N)NC(N)=NCC1CCCCC1. The smallest absolute Gasteiger partial charge is 0.195 e. The zero-order valence-electron chi connectivity index (χ0n) is 12.9. The molecule has 0 amide bonds. The fourth-order valence-electron chi connectivity index (χ4n) is 2.55. The Morgan fingerprint density at radius 3 is 2.40 bits per heavy atom. The van der Waals surface area contributed by atoms with E-state index in [1.54, 1.807) is 0 Å². The molecule has 1 aliphatic rings. The fraction of sp³-hybridized carbons (Fsp3) is 0.867. The molecule has 116 valence electrons. The van der Waals surface area contributed by atoms with E-state index in [9.17, 15) is 0 Å². The van der Waals surface area contributed by atoms with Gasteiger partial charge in [0.05, 0.1) is 0 Å². The van der Waals surface area contributed by atoms with Crippen molar-refractivity contribution in [3.8, 4) is 0 Å². The summed E-state index contributed by atoms with van der Waals surface area (Å²) in [7, 11) is 0. The Kier molecular flexibility index (Phi) is 8.83. The van der Waals surface area contributed by atoms with E-state index in [0.29, 0.717) is 17.8 Å². The summed E-state index contributed by atoms with van der Waals surface area (Å²) in [6.45, 7) is 3.76. The van der Waals surface area contributed by atoms with Gasteiger partial charge in [0.1, 0.15) is 0 Å². The van der Waals surface area contributed by atoms with E-state index in [1.165, 1.54) is 51.4 Å². The van der Waals surface area contributed by atoms with Crippen LogP contribution in [0.3, 0.4) is 0 Å². The number of unbranched alkanes of at least 4 members (excludes halogenated alkanes) is 3. The monoisotopic (exact) mass is 281 g/mol. The molecule has 1 rings (SSSR count). The Bertz CT molecular complexity index is 305. The Hall–Kier alpha value is -1.26. The molecule has 0 radical (unpaired) electrons. The molecule has 5 nitrogen and oxygen atoms in total. The lowest BCUT2D eigenvalue weighted by Gasteiger charge is -2.19. The Balaban J connectivity index is 2.18. The van der Waals surface area contributed by atoms with E-state index in [1.807, 2.05) is 0 Å². The Morgan fingerprint density at radius 1 is 1.00 bits per heavy atom. The van der Waals surface area contributed by atoms with Crippen molar-refractivity contribution < 1.29 is 0 Å². The molecule has 0 bridgehead atoms. The molecule has 5 N–H and O–H groups in total. The number of guanidine groups is 2. The third-order valence-corrected chi connectivity index (χ3v) is 3.79. The topological polar surface area (TPSA) is 88.8 Å². The number of nitrogens with two attached hydrogens (primary N) is 2. The average Bonchev–Trinajstić information content (AvgIpc) is 2.46. The average molecular weight is 281 g/mol. The van der Waals surface area contributed by atoms with Gasteiger partial charge in [-0.25, -0.2) is 0 Å². The van der Waals surface area contributed by atoms with Crippen molar-refractivity contribution in [2.24, 2.45) is 27.4 Å². The van der Waals surface area contributed by atoms with Gasteiger partial charge in [0, 0.05) is 13.1 Å². The predicted molar refractivity (Wildman–Crippen MR) is 86.8 cm³/mol. The molecule has 1 fully saturated rings. The number of aliphatic imine (C=N–C) groups is 2. The van der Waals surface area contributed by atoms with E-state index in [4.69, 9.17) is 11.5 Å². The Morgan fingerprint density at radius 2 is 1.70 bits per heavy atom. The van der Waals surface area contributed by atoms with Crippen LogP contribution in [-0.4, -0.2) is 25.0 Å². The largest absolute Gasteiger partial charge is 0.370 e. The highest BCUT2D eigenvalue weighted by molar-refractivity contribution is 5.96. The minimum Gasteiger partial charge on any atom is -0.370 e. The first-order chi connectivity index (χ1) is 9.72. The van der Waals surface area contributed by atoms with Crippen LogP contribution in [0, 0.1) is 5.92 Å². The highest BCUT2D eigenvalue weighted by atomic mass is 15.2. The van der Waals surface area contributed by atoms with Gasteiger partial charge in [-0.3, -0.25) is 15.3 Å². The fourth-order valence-corrected chi connectivity index (χ4v) is 2.55. The van der Waals surface area contributed by atoms with Crippen LogP contribution in [0.25, 0.3) is 0 Å². The number of nitrogens with one attached hydrogen (secondary N) is 1. The third kappa shape index (κ3) is 8.02. The summed E-state index contributed by atoms with van der Waals surface area (Å²) < 4.78 is 0. The highest BCUT2D eigenvalue weighted by Gasteiger charge is 2.12. The van der Waals surface area contributed by atoms with Crippen molar-refractivity contribution in [3.05, 3.63) is 0 Å². The van der Waals surface area contributed by atoms with E-state index < -0.39 is 0 Å². The summed E-state index contributed by atoms with van der Waals surface area (Å²) in [4.78, 5) is 8.62. The molecule has 5 heteroatoms. The summed E-state index contributed by atoms with van der Waals surface area (Å²) in [6.07, 6.45) is 11.4. The second-order valence-corrected chi connectivity index (χ2v) is 5.68. The lowest BCUT2D eigenvalue weighted by atomic mass is 9.89. The molecule has 0 unspecified atom stereocenters. The van der Waals surface area contributed by atoms with Crippen molar-refractivity contribution in [1.29, 1.82) is 0 Å². The van der Waals surface area contributed by atoms with Gasteiger partial charge in [0.25, 0.3) is 0 Å². The summed E-state index contributed by atoms with van der Waals surface area (Å²) in [5.74, 6) is 1.47. The van der Waals surface area contributed by atoms with Gasteiger partial charge in [-0.2, -0.15) is 0 Å². The zero-order chi connectivity index (χ0) is 14.6. The molecule has 1 saturated carbocycles. The number of hydrogen-bond acceptors (Lipinski definition) is 2. The molecule has 0 atom stereocenters. The molecular weight excluding hydrogens is 250 g/mol. The molecule has 0 aromatic rings. The molecule has 0 aliphatic heterocycles. The van der Waals surface area contributed by atoms with Crippen LogP contribution < -0.4 is 16.8 Å². The van der Waals surface area contributed by atoms with E-state index in [-0.39, 0.29) is 0 Å². The molecule has 0 aromatic heterocycles. The van der Waals surface area contributed by atoms with E-state index >= 15 is 0 Å². The van der Waals surface area contributed by atoms with Crippen molar-refractivity contribution >= 4 is 11.9 Å². The van der Waals surface area contributed by atoms with Crippen LogP contribution in [0.15, 0.2) is 9.98 Å². The van der Waals surface area contributed by atoms with Gasteiger partial charge in [0.15, 0.2) is 11.9 Å². The van der Waals surface area contributed by atoms with Gasteiger partial charge in [-0.05, 0) is 25.2 Å². The minimum absolute atomic E-state index is 0.381. The van der Waals surface area contributed by atoms with Crippen molar-refractivity contribution in [1.82, 2.24) is 5.32 Å². The molecular formula is C15H31N5. The van der Waals surface area contributed by atoms with Gasteiger partial charge < -0.3 is 11.5 Å². The minimum atomic E-state index is 0.381. The van der Waals surface area contributed by atoms with Crippen molar-refractivity contribution in [2.75, 3.05) is 13.1 Å². The van der Waals surface area contributed by atoms with Gasteiger partial charge in [0.2, 0.25) is 0 Å². The van der Waals surface area contributed by atoms with Gasteiger partial charge in [-0.15, -0.1) is 0 Å². The second kappa shape index (κ2) is 10.5. The quantitative estimate of drug-likeness (QED) is 0.380. The van der Waals surface area contributed by atoms with Crippen molar-refractivity contribution in [3.63, 3.8) is 0 Å². The first kappa shape index (κ1) is 16.8. The van der Waals surface area contributed by atoms with Gasteiger partial charge >= 0.3 is 0 Å². The first-order valence-electron chi connectivity index (χ1n) is 8.09.